The van der Waals surface area contributed by atoms with E-state index in [4.69, 9.17) is 17.3 Å². The van der Waals surface area contributed by atoms with Gasteiger partial charge in [-0.2, -0.15) is 0 Å². The number of nitrogens with zero attached hydrogens (tertiary/aromatic N) is 3. The van der Waals surface area contributed by atoms with Crippen LogP contribution in [0.5, 0.6) is 0 Å². The molecule has 1 heterocycles. The summed E-state index contributed by atoms with van der Waals surface area (Å²) in [5, 5.41) is 0.728. The number of benzene rings is 1. The molecular formula is C18H28ClN5O2S. The first-order valence-electron chi connectivity index (χ1n) is 9.46. The number of nitrogens with two attached hydrogens (primary N) is 1. The molecule has 0 radical (unpaired) electrons. The number of piperazine rings is 1. The standard InChI is InChI=1S/C18H28ClN5O2S/c19-16-4-6-17(7-5-16)23-9-11-24(12-10-23)18(20)21-8-13-27(25,26)22-14-15-2-1-3-15/h4-7,15,22H,1-3,8-14H2,(H2,20,21). The van der Waals surface area contributed by atoms with Crippen LogP contribution in [0.2, 0.25) is 5.02 Å². The summed E-state index contributed by atoms with van der Waals surface area (Å²) in [7, 11) is -3.28. The van der Waals surface area contributed by atoms with Gasteiger partial charge in [0.15, 0.2) is 5.96 Å². The predicted octanol–water partition coefficient (Wildman–Crippen LogP) is 1.50. The van der Waals surface area contributed by atoms with E-state index in [1.165, 1.54) is 6.42 Å². The summed E-state index contributed by atoms with van der Waals surface area (Å²) in [5.41, 5.74) is 7.20. The van der Waals surface area contributed by atoms with Crippen LogP contribution in [0.3, 0.4) is 0 Å². The number of nitrogens with one attached hydrogen (secondary N) is 1. The van der Waals surface area contributed by atoms with Gasteiger partial charge in [0.1, 0.15) is 0 Å². The van der Waals surface area contributed by atoms with Crippen LogP contribution < -0.4 is 15.4 Å². The Morgan fingerprint density at radius 2 is 1.85 bits per heavy atom. The Bertz CT molecular complexity index is 742. The molecule has 1 aromatic carbocycles. The number of halogens is 1. The number of hydrogen-bond donors (Lipinski definition) is 2. The van der Waals surface area contributed by atoms with E-state index < -0.39 is 10.0 Å². The second kappa shape index (κ2) is 9.12. The molecule has 1 aliphatic heterocycles. The third kappa shape index (κ3) is 5.99. The van der Waals surface area contributed by atoms with Gasteiger partial charge in [0, 0.05) is 43.4 Å². The molecule has 2 aliphatic rings. The Kier molecular flexibility index (Phi) is 6.83. The van der Waals surface area contributed by atoms with Crippen molar-refractivity contribution in [3.63, 3.8) is 0 Å². The van der Waals surface area contributed by atoms with E-state index in [1.54, 1.807) is 0 Å². The Labute approximate surface area is 166 Å². The molecule has 1 saturated heterocycles. The molecular weight excluding hydrogens is 386 g/mol. The lowest BCUT2D eigenvalue weighted by molar-refractivity contribution is 0.316. The summed E-state index contributed by atoms with van der Waals surface area (Å²) in [6, 6.07) is 7.80. The zero-order valence-electron chi connectivity index (χ0n) is 15.5. The lowest BCUT2D eigenvalue weighted by Gasteiger charge is -2.36. The summed E-state index contributed by atoms with van der Waals surface area (Å²) in [6.07, 6.45) is 3.45. The van der Waals surface area contributed by atoms with Crippen LogP contribution >= 0.6 is 11.6 Å². The number of hydrogen-bond acceptors (Lipinski definition) is 4. The Balaban J connectivity index is 1.41. The lowest BCUT2D eigenvalue weighted by Crippen LogP contribution is -2.51. The average Bonchev–Trinajstić information content (AvgIpc) is 2.61. The Morgan fingerprint density at radius 3 is 2.44 bits per heavy atom. The minimum Gasteiger partial charge on any atom is -0.370 e. The highest BCUT2D eigenvalue weighted by Crippen LogP contribution is 2.25. The molecule has 7 nitrogen and oxygen atoms in total. The van der Waals surface area contributed by atoms with Crippen LogP contribution in [0.15, 0.2) is 29.3 Å². The van der Waals surface area contributed by atoms with Crippen molar-refractivity contribution in [3.8, 4) is 0 Å². The predicted molar refractivity (Wildman–Crippen MR) is 111 cm³/mol. The van der Waals surface area contributed by atoms with Gasteiger partial charge in [0.25, 0.3) is 0 Å². The highest BCUT2D eigenvalue weighted by Gasteiger charge is 2.21. The first kappa shape index (κ1) is 20.2. The third-order valence-corrected chi connectivity index (χ3v) is 6.82. The van der Waals surface area contributed by atoms with Crippen LogP contribution in [0, 0.1) is 5.92 Å². The second-order valence-electron chi connectivity index (χ2n) is 7.15. The zero-order valence-corrected chi connectivity index (χ0v) is 17.1. The lowest BCUT2D eigenvalue weighted by atomic mass is 9.86. The molecule has 1 aromatic rings. The number of guanidine groups is 1. The Morgan fingerprint density at radius 1 is 1.19 bits per heavy atom. The minimum absolute atomic E-state index is 0.0227. The van der Waals surface area contributed by atoms with Crippen molar-refractivity contribution in [3.05, 3.63) is 29.3 Å². The first-order chi connectivity index (χ1) is 12.9. The topological polar surface area (TPSA) is 91.0 Å². The monoisotopic (exact) mass is 413 g/mol. The summed E-state index contributed by atoms with van der Waals surface area (Å²) in [4.78, 5) is 8.54. The highest BCUT2D eigenvalue weighted by molar-refractivity contribution is 7.89. The molecule has 3 rings (SSSR count). The van der Waals surface area contributed by atoms with Crippen molar-refractivity contribution < 1.29 is 8.42 Å². The number of aliphatic imine (C=N–C) groups is 1. The van der Waals surface area contributed by atoms with Crippen LogP contribution in [-0.2, 0) is 10.0 Å². The van der Waals surface area contributed by atoms with Gasteiger partial charge in [-0.05, 0) is 43.0 Å². The molecule has 150 valence electrons. The molecule has 2 fully saturated rings. The molecule has 0 atom stereocenters. The maximum absolute atomic E-state index is 12.0. The van der Waals surface area contributed by atoms with Crippen LogP contribution in [-0.4, -0.2) is 64.3 Å². The van der Waals surface area contributed by atoms with E-state index in [0.717, 1.165) is 49.7 Å². The largest absolute Gasteiger partial charge is 0.370 e. The van der Waals surface area contributed by atoms with Gasteiger partial charge in [-0.3, -0.25) is 4.99 Å². The van der Waals surface area contributed by atoms with Gasteiger partial charge in [-0.15, -0.1) is 0 Å². The van der Waals surface area contributed by atoms with E-state index in [-0.39, 0.29) is 12.3 Å². The van der Waals surface area contributed by atoms with Gasteiger partial charge < -0.3 is 15.5 Å². The SMILES string of the molecule is NC(=NCCS(=O)(=O)NCC1CCC1)N1CCN(c2ccc(Cl)cc2)CC1. The van der Waals surface area contributed by atoms with Gasteiger partial charge in [-0.25, -0.2) is 13.1 Å². The van der Waals surface area contributed by atoms with E-state index >= 15 is 0 Å². The van der Waals surface area contributed by atoms with Crippen molar-refractivity contribution in [2.45, 2.75) is 19.3 Å². The van der Waals surface area contributed by atoms with E-state index in [0.29, 0.717) is 18.4 Å². The smallest absolute Gasteiger partial charge is 0.213 e. The highest BCUT2D eigenvalue weighted by atomic mass is 35.5. The zero-order chi connectivity index (χ0) is 19.3. The molecule has 9 heteroatoms. The van der Waals surface area contributed by atoms with E-state index in [9.17, 15) is 8.42 Å². The maximum Gasteiger partial charge on any atom is 0.213 e. The fourth-order valence-corrected chi connectivity index (χ4v) is 4.33. The third-order valence-electron chi connectivity index (χ3n) is 5.25. The summed E-state index contributed by atoms with van der Waals surface area (Å²) >= 11 is 5.93. The Hall–Kier alpha value is -1.51. The normalized spacial score (nSPS) is 19.2. The van der Waals surface area contributed by atoms with Crippen LogP contribution in [0.1, 0.15) is 19.3 Å². The number of rotatable bonds is 7. The summed E-state index contributed by atoms with van der Waals surface area (Å²) in [6.45, 7) is 3.91. The maximum atomic E-state index is 12.0. The molecule has 3 N–H and O–H groups in total. The minimum atomic E-state index is -3.28. The van der Waals surface area contributed by atoms with Crippen molar-refractivity contribution in [1.29, 1.82) is 0 Å². The van der Waals surface area contributed by atoms with Crippen LogP contribution in [0.25, 0.3) is 0 Å². The fourth-order valence-electron chi connectivity index (χ4n) is 3.24. The molecule has 0 bridgehead atoms. The molecule has 1 aliphatic carbocycles. The quantitative estimate of drug-likeness (QED) is 0.522. The van der Waals surface area contributed by atoms with Gasteiger partial charge >= 0.3 is 0 Å². The number of sulfonamides is 1. The molecule has 0 unspecified atom stereocenters. The molecule has 0 amide bonds. The van der Waals surface area contributed by atoms with Gasteiger partial charge in [-0.1, -0.05) is 18.0 Å². The van der Waals surface area contributed by atoms with Gasteiger partial charge in [0.05, 0.1) is 12.3 Å². The van der Waals surface area contributed by atoms with E-state index in [2.05, 4.69) is 14.6 Å². The van der Waals surface area contributed by atoms with Crippen molar-refractivity contribution in [2.75, 3.05) is 49.9 Å². The van der Waals surface area contributed by atoms with Crippen molar-refractivity contribution in [1.82, 2.24) is 9.62 Å². The van der Waals surface area contributed by atoms with Crippen LogP contribution in [0.4, 0.5) is 5.69 Å². The molecule has 0 aromatic heterocycles. The number of anilines is 1. The van der Waals surface area contributed by atoms with Crippen molar-refractivity contribution in [2.24, 2.45) is 16.6 Å². The fraction of sp³-hybridized carbons (Fsp3) is 0.611. The molecule has 0 spiro atoms. The summed E-state index contributed by atoms with van der Waals surface area (Å²) in [5.74, 6) is 0.899. The van der Waals surface area contributed by atoms with Crippen molar-refractivity contribution >= 4 is 33.3 Å². The second-order valence-corrected chi connectivity index (χ2v) is 9.52. The van der Waals surface area contributed by atoms with Gasteiger partial charge in [0.2, 0.25) is 10.0 Å². The summed E-state index contributed by atoms with van der Waals surface area (Å²) < 4.78 is 26.7. The first-order valence-corrected chi connectivity index (χ1v) is 11.5. The molecule has 1 saturated carbocycles. The average molecular weight is 414 g/mol. The van der Waals surface area contributed by atoms with E-state index in [1.807, 2.05) is 29.2 Å². The molecule has 27 heavy (non-hydrogen) atoms.